The maximum atomic E-state index is 13.1. The van der Waals surface area contributed by atoms with E-state index < -0.39 is 20.0 Å². The molecule has 0 aromatic carbocycles. The van der Waals surface area contributed by atoms with E-state index in [4.69, 9.17) is 9.05 Å². The van der Waals surface area contributed by atoms with Gasteiger partial charge in [-0.2, -0.15) is 0 Å². The van der Waals surface area contributed by atoms with Crippen LogP contribution in [-0.2, 0) is 18.4 Å². The number of phosphoric acid groups is 1. The number of carbonyl (C=O) groups excluding carboxylic acids is 1. The van der Waals surface area contributed by atoms with Crippen molar-refractivity contribution >= 4 is 13.7 Å². The second kappa shape index (κ2) is 66.1. The molecule has 0 aromatic rings. The highest BCUT2D eigenvalue weighted by atomic mass is 31.2. The van der Waals surface area contributed by atoms with Gasteiger partial charge in [0, 0.05) is 6.42 Å². The molecule has 496 valence electrons. The Labute approximate surface area is 528 Å². The van der Waals surface area contributed by atoms with Gasteiger partial charge in [0.1, 0.15) is 13.2 Å². The minimum absolute atomic E-state index is 0.0604. The van der Waals surface area contributed by atoms with Crippen molar-refractivity contribution in [2.45, 2.75) is 353 Å². The zero-order valence-electron chi connectivity index (χ0n) is 56.8. The summed E-state index contributed by atoms with van der Waals surface area (Å²) in [5.74, 6) is -0.174. The van der Waals surface area contributed by atoms with Crippen molar-refractivity contribution < 1.29 is 32.9 Å². The van der Waals surface area contributed by atoms with Gasteiger partial charge in [-0.05, 0) is 70.6 Å². The minimum Gasteiger partial charge on any atom is -0.387 e. The number of nitrogens with one attached hydrogen (secondary N) is 1. The van der Waals surface area contributed by atoms with Crippen molar-refractivity contribution in [3.05, 3.63) is 85.1 Å². The zero-order valence-corrected chi connectivity index (χ0v) is 57.7. The Hall–Kier alpha value is -2.32. The fraction of sp³-hybridized carbons (Fsp3) is 0.803. The molecule has 0 bridgehead atoms. The molecule has 0 aliphatic carbocycles. The second-order valence-electron chi connectivity index (χ2n) is 25.9. The Morgan fingerprint density at radius 3 is 1.04 bits per heavy atom. The Bertz CT molecular complexity index is 1660. The number of aliphatic hydroxyl groups excluding tert-OH is 1. The number of nitrogens with zero attached hydrogens (tertiary/aromatic N) is 1. The van der Waals surface area contributed by atoms with Gasteiger partial charge in [-0.1, -0.05) is 349 Å². The third kappa shape index (κ3) is 69.0. The topological polar surface area (TPSA) is 105 Å². The van der Waals surface area contributed by atoms with Crippen molar-refractivity contribution in [3.63, 3.8) is 0 Å². The molecule has 0 saturated carbocycles. The maximum Gasteiger partial charge on any atom is 0.472 e. The fourth-order valence-corrected chi connectivity index (χ4v) is 11.5. The lowest BCUT2D eigenvalue weighted by molar-refractivity contribution is -0.870. The normalized spacial score (nSPS) is 14.1. The van der Waals surface area contributed by atoms with E-state index in [0.29, 0.717) is 17.4 Å². The fourth-order valence-electron chi connectivity index (χ4n) is 10.8. The molecule has 0 fully saturated rings. The van der Waals surface area contributed by atoms with Crippen LogP contribution in [0.25, 0.3) is 0 Å². The van der Waals surface area contributed by atoms with Gasteiger partial charge in [-0.15, -0.1) is 0 Å². The number of allylic oxidation sites excluding steroid dienone is 13. The van der Waals surface area contributed by atoms with Gasteiger partial charge >= 0.3 is 7.82 Å². The summed E-state index contributed by atoms with van der Waals surface area (Å²) in [6.07, 6.45) is 94.5. The number of carbonyl (C=O) groups is 1. The first-order valence-electron chi connectivity index (χ1n) is 36.5. The van der Waals surface area contributed by atoms with Gasteiger partial charge in [0.25, 0.3) is 0 Å². The molecule has 0 aliphatic rings. The van der Waals surface area contributed by atoms with Crippen LogP contribution in [0.2, 0.25) is 0 Å². The highest BCUT2D eigenvalue weighted by Gasteiger charge is 2.28. The molecule has 0 aromatic heterocycles. The molecule has 1 amide bonds. The molecular formula is C76H142N2O6P+. The highest BCUT2D eigenvalue weighted by molar-refractivity contribution is 7.47. The minimum atomic E-state index is -4.36. The van der Waals surface area contributed by atoms with Crippen LogP contribution < -0.4 is 5.32 Å². The number of hydrogen-bond donors (Lipinski definition) is 3. The van der Waals surface area contributed by atoms with Gasteiger partial charge in [0.2, 0.25) is 5.91 Å². The molecular weight excluding hydrogens is 1070 g/mol. The van der Waals surface area contributed by atoms with Crippen LogP contribution in [0.5, 0.6) is 0 Å². The third-order valence-electron chi connectivity index (χ3n) is 16.4. The Kier molecular flexibility index (Phi) is 64.3. The van der Waals surface area contributed by atoms with E-state index in [-0.39, 0.29) is 19.1 Å². The smallest absolute Gasteiger partial charge is 0.387 e. The molecule has 9 heteroatoms. The molecule has 0 rings (SSSR count). The molecule has 8 nitrogen and oxygen atoms in total. The summed E-state index contributed by atoms with van der Waals surface area (Å²) in [5, 5.41) is 14.0. The first-order valence-corrected chi connectivity index (χ1v) is 38.0. The van der Waals surface area contributed by atoms with Gasteiger partial charge in [0.15, 0.2) is 0 Å². The summed E-state index contributed by atoms with van der Waals surface area (Å²) in [6.45, 7) is 4.74. The van der Waals surface area contributed by atoms with E-state index in [1.165, 1.54) is 244 Å². The first-order chi connectivity index (χ1) is 41.5. The molecule has 3 N–H and O–H groups in total. The summed E-state index contributed by atoms with van der Waals surface area (Å²) < 4.78 is 23.8. The average molecular weight is 1210 g/mol. The van der Waals surface area contributed by atoms with Crippen molar-refractivity contribution in [2.24, 2.45) is 0 Å². The Morgan fingerprint density at radius 2 is 0.706 bits per heavy atom. The van der Waals surface area contributed by atoms with E-state index in [1.54, 1.807) is 6.08 Å². The number of likely N-dealkylation sites (N-methyl/N-ethyl adjacent to an activating group) is 1. The van der Waals surface area contributed by atoms with Gasteiger partial charge in [-0.25, -0.2) is 4.57 Å². The summed E-state index contributed by atoms with van der Waals surface area (Å²) in [5.41, 5.74) is 0. The van der Waals surface area contributed by atoms with Gasteiger partial charge in [0.05, 0.1) is 39.9 Å². The lowest BCUT2D eigenvalue weighted by Crippen LogP contribution is -2.45. The monoisotopic (exact) mass is 1210 g/mol. The van der Waals surface area contributed by atoms with Crippen LogP contribution >= 0.6 is 7.82 Å². The van der Waals surface area contributed by atoms with Crippen molar-refractivity contribution in [1.82, 2.24) is 5.32 Å². The number of quaternary nitrogens is 1. The number of amides is 1. The second-order valence-corrected chi connectivity index (χ2v) is 27.4. The van der Waals surface area contributed by atoms with E-state index in [1.807, 2.05) is 27.2 Å². The number of unbranched alkanes of at least 4 members (excludes halogenated alkanes) is 42. The van der Waals surface area contributed by atoms with E-state index in [2.05, 4.69) is 92.1 Å². The standard InChI is InChI=1S/C76H141N2O6P/c1-6-8-10-12-14-16-18-20-22-24-26-28-30-32-34-36-37-38-39-40-41-42-44-46-48-50-52-54-56-58-60-62-64-66-68-70-76(80)77-74(73-84-85(81,82)83-72-71-78(3,4)5)75(79)69-67-65-63-61-59-57-55-53-51-49-47-45-43-35-33-31-29-27-25-23-21-19-17-15-13-11-9-7-2/h8,10,14,16,20,22,26,28,32,34,37-38,67,69,74-75,79H,6-7,9,11-13,15,17-19,21,23-25,27,29-31,33,35-36,39-66,68,70-73H2,1-5H3,(H-,77,80,81,82)/p+1/b10-8-,16-14-,22-20-,28-26-,34-32-,38-37-,69-67+. The quantitative estimate of drug-likeness (QED) is 0.0243. The predicted molar refractivity (Wildman–Crippen MR) is 373 cm³/mol. The van der Waals surface area contributed by atoms with Crippen LogP contribution in [0.15, 0.2) is 85.1 Å². The van der Waals surface area contributed by atoms with Crippen LogP contribution in [0, 0.1) is 0 Å². The maximum absolute atomic E-state index is 13.1. The lowest BCUT2D eigenvalue weighted by Gasteiger charge is -2.25. The SMILES string of the molecule is CC/C=C\C/C=C\C/C=C\C/C=C\C/C=C\C/C=C\CCCCCCCCCCCCCCCCCCC(=O)NC(COP(=O)(O)OCC[N+](C)(C)C)C(O)/C=C/CCCCCCCCCCCCCCCCCCCCCCCCCCCC. The largest absolute Gasteiger partial charge is 0.472 e. The summed E-state index contributed by atoms with van der Waals surface area (Å²) in [6, 6.07) is -0.852. The van der Waals surface area contributed by atoms with Crippen LogP contribution in [0.4, 0.5) is 0 Å². The Balaban J connectivity index is 4.04. The highest BCUT2D eigenvalue weighted by Crippen LogP contribution is 2.43. The van der Waals surface area contributed by atoms with Gasteiger partial charge < -0.3 is 19.8 Å². The van der Waals surface area contributed by atoms with Crippen molar-refractivity contribution in [3.8, 4) is 0 Å². The van der Waals surface area contributed by atoms with Crippen LogP contribution in [0.3, 0.4) is 0 Å². The molecule has 0 heterocycles. The summed E-state index contributed by atoms with van der Waals surface area (Å²) in [7, 11) is 1.58. The van der Waals surface area contributed by atoms with E-state index in [0.717, 1.165) is 77.0 Å². The molecule has 3 atom stereocenters. The van der Waals surface area contributed by atoms with Crippen molar-refractivity contribution in [2.75, 3.05) is 40.9 Å². The lowest BCUT2D eigenvalue weighted by atomic mass is 10.0. The van der Waals surface area contributed by atoms with Gasteiger partial charge in [-0.3, -0.25) is 13.8 Å². The van der Waals surface area contributed by atoms with E-state index in [9.17, 15) is 19.4 Å². The number of aliphatic hydroxyl groups is 1. The molecule has 0 saturated heterocycles. The van der Waals surface area contributed by atoms with E-state index >= 15 is 0 Å². The number of rotatable bonds is 67. The zero-order chi connectivity index (χ0) is 61.9. The predicted octanol–water partition coefficient (Wildman–Crippen LogP) is 23.5. The molecule has 3 unspecified atom stereocenters. The van der Waals surface area contributed by atoms with Crippen LogP contribution in [0.1, 0.15) is 341 Å². The third-order valence-corrected chi connectivity index (χ3v) is 17.4. The molecule has 0 aliphatic heterocycles. The molecule has 85 heavy (non-hydrogen) atoms. The summed E-state index contributed by atoms with van der Waals surface area (Å²) in [4.78, 5) is 23.5. The molecule has 0 spiro atoms. The average Bonchev–Trinajstić information content (AvgIpc) is 3.48. The number of hydrogen-bond acceptors (Lipinski definition) is 5. The molecule has 0 radical (unpaired) electrons. The number of phosphoric ester groups is 1. The van der Waals surface area contributed by atoms with Crippen molar-refractivity contribution in [1.29, 1.82) is 0 Å². The Morgan fingerprint density at radius 1 is 0.412 bits per heavy atom. The first kappa shape index (κ1) is 82.7. The van der Waals surface area contributed by atoms with Crippen LogP contribution in [-0.4, -0.2) is 73.4 Å². The summed E-state index contributed by atoms with van der Waals surface area (Å²) >= 11 is 0.